The van der Waals surface area contributed by atoms with Gasteiger partial charge in [-0.25, -0.2) is 23.0 Å². The van der Waals surface area contributed by atoms with E-state index in [1.54, 1.807) is 30.3 Å². The third-order valence-corrected chi connectivity index (χ3v) is 13.7. The lowest BCUT2D eigenvalue weighted by molar-refractivity contribution is -0.117. The third-order valence-electron chi connectivity index (χ3n) is 11.8. The number of carbonyl (C=O) groups excluding carboxylic acids is 3. The van der Waals surface area contributed by atoms with Crippen LogP contribution in [0.4, 0.5) is 11.4 Å². The van der Waals surface area contributed by atoms with E-state index in [1.807, 2.05) is 44.2 Å². The minimum Gasteiger partial charge on any atom is -0.493 e. The molecule has 1 atom stereocenters. The lowest BCUT2D eigenvalue weighted by Crippen LogP contribution is -2.47. The summed E-state index contributed by atoms with van der Waals surface area (Å²) in [6, 6.07) is 18.0. The summed E-state index contributed by atoms with van der Waals surface area (Å²) in [5.41, 5.74) is 2.13. The number of aliphatic imine (C=N–C) groups is 1. The Morgan fingerprint density at radius 2 is 1.18 bits per heavy atom. The Morgan fingerprint density at radius 3 is 1.76 bits per heavy atom. The van der Waals surface area contributed by atoms with Gasteiger partial charge in [0, 0.05) is 25.4 Å². The average molecular weight is 927 g/mol. The number of benzene rings is 3. The molecule has 1 aliphatic rings. The van der Waals surface area contributed by atoms with Gasteiger partial charge in [0.15, 0.2) is 11.9 Å². The molecule has 2 heterocycles. The van der Waals surface area contributed by atoms with Crippen LogP contribution in [0.15, 0.2) is 89.0 Å². The number of hydrogen-bond acceptors (Lipinski definition) is 10. The largest absolute Gasteiger partial charge is 0.493 e. The van der Waals surface area contributed by atoms with E-state index < -0.39 is 33.9 Å². The third kappa shape index (κ3) is 14.7. The van der Waals surface area contributed by atoms with Crippen LogP contribution in [-0.2, 0) is 24.3 Å². The van der Waals surface area contributed by atoms with Crippen molar-refractivity contribution in [3.63, 3.8) is 0 Å². The van der Waals surface area contributed by atoms with Crippen molar-refractivity contribution in [2.24, 2.45) is 4.99 Å². The second kappa shape index (κ2) is 26.5. The second-order valence-electron chi connectivity index (χ2n) is 17.1. The van der Waals surface area contributed by atoms with Gasteiger partial charge in [0.1, 0.15) is 16.4 Å². The van der Waals surface area contributed by atoms with E-state index in [2.05, 4.69) is 12.2 Å². The molecule has 358 valence electrons. The number of carbonyl (C=O) groups is 3. The van der Waals surface area contributed by atoms with Gasteiger partial charge in [-0.1, -0.05) is 139 Å². The molecule has 0 fully saturated rings. The second-order valence-corrected chi connectivity index (χ2v) is 18.9. The molecule has 1 aliphatic heterocycles. The highest BCUT2D eigenvalue weighted by molar-refractivity contribution is 7.90. The molecular weight excluding hydrogens is 857 g/mol. The number of hydrogen-bond donors (Lipinski definition) is 1. The summed E-state index contributed by atoms with van der Waals surface area (Å²) in [7, 11) is -1.87. The van der Waals surface area contributed by atoms with E-state index in [0.29, 0.717) is 30.9 Å². The summed E-state index contributed by atoms with van der Waals surface area (Å²) in [6.07, 6.45) is 21.9. The Balaban J connectivity index is 1.34. The summed E-state index contributed by atoms with van der Waals surface area (Å²) < 4.78 is 53.8. The molecule has 1 amide bonds. The van der Waals surface area contributed by atoms with E-state index in [-0.39, 0.29) is 40.7 Å². The fourth-order valence-corrected chi connectivity index (χ4v) is 9.74. The Labute approximate surface area is 392 Å². The van der Waals surface area contributed by atoms with Crippen molar-refractivity contribution in [2.75, 3.05) is 39.3 Å². The van der Waals surface area contributed by atoms with E-state index in [0.717, 1.165) is 42.6 Å². The Morgan fingerprint density at radius 1 is 0.652 bits per heavy atom. The van der Waals surface area contributed by atoms with Crippen LogP contribution in [-0.4, -0.2) is 74.9 Å². The van der Waals surface area contributed by atoms with Crippen molar-refractivity contribution < 1.29 is 41.7 Å². The normalized spacial score (nSPS) is 13.3. The number of fused-ring (bicyclic) bond motifs is 1. The molecule has 0 radical (unpaired) electrons. The van der Waals surface area contributed by atoms with Gasteiger partial charge in [-0.2, -0.15) is 0 Å². The first-order chi connectivity index (χ1) is 32.0. The summed E-state index contributed by atoms with van der Waals surface area (Å²) in [4.78, 5) is 46.0. The van der Waals surface area contributed by atoms with Crippen molar-refractivity contribution in [1.29, 1.82) is 0 Å². The van der Waals surface area contributed by atoms with Gasteiger partial charge >= 0.3 is 11.9 Å². The highest BCUT2D eigenvalue weighted by Crippen LogP contribution is 2.37. The smallest absolute Gasteiger partial charge is 0.340 e. The van der Waals surface area contributed by atoms with Gasteiger partial charge in [0.25, 0.3) is 15.9 Å². The van der Waals surface area contributed by atoms with Crippen LogP contribution in [0.1, 0.15) is 154 Å². The van der Waals surface area contributed by atoms with Crippen molar-refractivity contribution in [3.05, 3.63) is 101 Å². The molecule has 0 saturated heterocycles. The molecule has 14 heteroatoms. The molecule has 0 aliphatic carbocycles. The number of amides is 1. The quantitative estimate of drug-likeness (QED) is 0.0414. The van der Waals surface area contributed by atoms with Gasteiger partial charge in [-0.3, -0.25) is 9.10 Å². The van der Waals surface area contributed by atoms with Gasteiger partial charge in [-0.15, -0.1) is 0 Å². The summed E-state index contributed by atoms with van der Waals surface area (Å²) in [5.74, 6) is -1.34. The number of rotatable bonds is 29. The fourth-order valence-electron chi connectivity index (χ4n) is 8.11. The van der Waals surface area contributed by atoms with E-state index in [9.17, 15) is 22.8 Å². The molecule has 66 heavy (non-hydrogen) atoms. The number of sulfonamides is 1. The molecule has 13 nitrogen and oxygen atoms in total. The number of ether oxygens (including phenoxy) is 4. The number of methoxy groups -OCH3 is 2. The zero-order valence-electron chi connectivity index (χ0n) is 39.6. The van der Waals surface area contributed by atoms with Crippen molar-refractivity contribution in [1.82, 2.24) is 8.87 Å². The Bertz CT molecular complexity index is 2290. The first kappa shape index (κ1) is 51.4. The van der Waals surface area contributed by atoms with Gasteiger partial charge in [-0.05, 0) is 62.2 Å². The maximum Gasteiger partial charge on any atom is 0.340 e. The zero-order chi connectivity index (χ0) is 47.3. The van der Waals surface area contributed by atoms with Crippen molar-refractivity contribution >= 4 is 45.1 Å². The summed E-state index contributed by atoms with van der Waals surface area (Å²) in [5, 5.41) is 2.98. The van der Waals surface area contributed by atoms with E-state index in [4.69, 9.17) is 23.9 Å². The first-order valence-corrected chi connectivity index (χ1v) is 25.2. The number of aryl methyl sites for hydroxylation is 2. The number of nitrogens with one attached hydrogen (secondary N) is 1. The molecule has 1 N–H and O–H groups in total. The minimum absolute atomic E-state index is 0.0168. The number of amidine groups is 1. The molecule has 0 spiro atoms. The van der Waals surface area contributed by atoms with Crippen LogP contribution < -0.4 is 14.8 Å². The van der Waals surface area contributed by atoms with Crippen LogP contribution in [0, 0.1) is 13.8 Å². The topological polar surface area (TPSA) is 155 Å². The fraction of sp³-hybridized carbons (Fsp3) is 0.500. The molecule has 1 aromatic heterocycles. The number of para-hydroxylation sites is 1. The molecule has 0 bridgehead atoms. The van der Waals surface area contributed by atoms with Crippen LogP contribution >= 0.6 is 0 Å². The molecule has 5 rings (SSSR count). The summed E-state index contributed by atoms with van der Waals surface area (Å²) in [6.45, 7) is 6.87. The van der Waals surface area contributed by atoms with Crippen LogP contribution in [0.2, 0.25) is 0 Å². The highest BCUT2D eigenvalue weighted by atomic mass is 32.2. The molecule has 1 unspecified atom stereocenters. The van der Waals surface area contributed by atoms with Crippen molar-refractivity contribution in [2.45, 2.75) is 141 Å². The first-order valence-electron chi connectivity index (χ1n) is 23.8. The number of anilines is 1. The lowest BCUT2D eigenvalue weighted by Gasteiger charge is -2.34. The maximum atomic E-state index is 15.0. The van der Waals surface area contributed by atoms with Gasteiger partial charge in [0.2, 0.25) is 0 Å². The Hall–Kier alpha value is -5.63. The van der Waals surface area contributed by atoms with Crippen molar-refractivity contribution in [3.8, 4) is 11.5 Å². The predicted molar refractivity (Wildman–Crippen MR) is 260 cm³/mol. The maximum absolute atomic E-state index is 15.0. The molecule has 4 aromatic rings. The molecule has 3 aromatic carbocycles. The number of esters is 2. The van der Waals surface area contributed by atoms with E-state index in [1.165, 1.54) is 112 Å². The molecular formula is C52H70N4O9S. The van der Waals surface area contributed by atoms with E-state index >= 15 is 0 Å². The molecule has 0 saturated carbocycles. The number of unbranched alkanes of at least 4 members (excludes halogenated alkanes) is 15. The summed E-state index contributed by atoms with van der Waals surface area (Å²) >= 11 is 0. The number of aromatic nitrogens is 1. The van der Waals surface area contributed by atoms with Crippen LogP contribution in [0.25, 0.3) is 0 Å². The SMILES string of the molecule is CCCCCCCCCCCCCCCCCCN1C(C(C(=O)Nc2cc(C)ccc2OCCCOc2ccc(C)cc2)n2cc(C(=O)OC)c(C(=O)OC)c2)=Nc2ccccc2S1(=O)=O. The number of nitrogens with zero attached hydrogens (tertiary/aromatic N) is 3. The average Bonchev–Trinajstić information content (AvgIpc) is 3.75. The minimum atomic E-state index is -4.22. The van der Waals surface area contributed by atoms with Gasteiger partial charge < -0.3 is 28.8 Å². The van der Waals surface area contributed by atoms with Gasteiger partial charge in [0.05, 0.1) is 49.9 Å². The van der Waals surface area contributed by atoms with Crippen LogP contribution in [0.3, 0.4) is 0 Å². The predicted octanol–water partition coefficient (Wildman–Crippen LogP) is 11.7. The van der Waals surface area contributed by atoms with Crippen LogP contribution in [0.5, 0.6) is 11.5 Å². The lowest BCUT2D eigenvalue weighted by atomic mass is 10.0. The standard InChI is InChI=1S/C52H70N4O9S/c1-6-7-8-9-10-11-12-13-14-15-16-17-18-19-20-23-33-56-49(53-44-25-21-22-26-47(44)66(56,60)61)48(55-37-42(51(58)62-4)43(38-55)52(59)63-5)50(57)54-45-36-40(3)29-32-46(45)65-35-24-34-64-41-30-27-39(2)28-31-41/h21-22,25-32,36-38,48H,6-20,23-24,33-35H2,1-5H3,(H,54,57). The zero-order valence-corrected chi connectivity index (χ0v) is 40.5. The highest BCUT2D eigenvalue weighted by Gasteiger charge is 2.41. The Kier molecular flexibility index (Phi) is 20.6. The monoisotopic (exact) mass is 926 g/mol.